The molecule has 0 radical (unpaired) electrons. The molecule has 2 heterocycles. The molecule has 3 rings (SSSR count). The summed E-state index contributed by atoms with van der Waals surface area (Å²) >= 11 is 0. The van der Waals surface area contributed by atoms with E-state index in [2.05, 4.69) is 25.3 Å². The van der Waals surface area contributed by atoms with Gasteiger partial charge in [0.15, 0.2) is 5.82 Å². The number of halogens is 1. The highest BCUT2D eigenvalue weighted by atomic mass is 19.1. The van der Waals surface area contributed by atoms with Crippen LogP contribution in [0.3, 0.4) is 0 Å². The van der Waals surface area contributed by atoms with E-state index in [-0.39, 0.29) is 17.8 Å². The normalized spacial score (nSPS) is 16.9. The third-order valence-electron chi connectivity index (χ3n) is 4.39. The molecular formula is C17H22FN5O. The number of amides is 1. The molecule has 6 nitrogen and oxygen atoms in total. The predicted molar refractivity (Wildman–Crippen MR) is 91.6 cm³/mol. The molecule has 1 aliphatic rings. The Balaban J connectivity index is 1.53. The fourth-order valence-corrected chi connectivity index (χ4v) is 2.90. The Kier molecular flexibility index (Phi) is 4.80. The number of aryl methyl sites for hydroxylation is 1. The van der Waals surface area contributed by atoms with Gasteiger partial charge in [0, 0.05) is 43.6 Å². The monoisotopic (exact) mass is 331 g/mol. The summed E-state index contributed by atoms with van der Waals surface area (Å²) < 4.78 is 13.0. The first-order chi connectivity index (χ1) is 11.5. The highest BCUT2D eigenvalue weighted by Gasteiger charge is 2.26. The molecule has 1 atom stereocenters. The second-order valence-corrected chi connectivity index (χ2v) is 6.10. The lowest BCUT2D eigenvalue weighted by Crippen LogP contribution is -2.52. The van der Waals surface area contributed by atoms with E-state index >= 15 is 0 Å². The molecule has 1 unspecified atom stereocenters. The largest absolute Gasteiger partial charge is 0.369 e. The summed E-state index contributed by atoms with van der Waals surface area (Å²) in [5.41, 5.74) is 1.92. The second-order valence-electron chi connectivity index (χ2n) is 6.10. The van der Waals surface area contributed by atoms with Crippen molar-refractivity contribution < 1.29 is 9.18 Å². The lowest BCUT2D eigenvalue weighted by molar-refractivity contribution is -0.120. The molecule has 1 aromatic carbocycles. The van der Waals surface area contributed by atoms with Crippen LogP contribution in [-0.2, 0) is 4.79 Å². The van der Waals surface area contributed by atoms with E-state index in [0.29, 0.717) is 5.82 Å². The molecule has 1 aliphatic heterocycles. The first-order valence-electron chi connectivity index (χ1n) is 8.10. The van der Waals surface area contributed by atoms with Crippen molar-refractivity contribution in [3.8, 4) is 0 Å². The summed E-state index contributed by atoms with van der Waals surface area (Å²) in [5.74, 6) is 0.266. The molecule has 2 aromatic rings. The molecule has 1 fully saturated rings. The van der Waals surface area contributed by atoms with Crippen molar-refractivity contribution in [1.29, 1.82) is 0 Å². The topological polar surface area (TPSA) is 64.3 Å². The molecule has 0 bridgehead atoms. The zero-order chi connectivity index (χ0) is 17.1. The fourth-order valence-electron chi connectivity index (χ4n) is 2.90. The predicted octanol–water partition coefficient (Wildman–Crippen LogP) is 2.01. The van der Waals surface area contributed by atoms with Crippen molar-refractivity contribution in [2.24, 2.45) is 0 Å². The summed E-state index contributed by atoms with van der Waals surface area (Å²) in [4.78, 5) is 16.7. The minimum atomic E-state index is -0.226. The van der Waals surface area contributed by atoms with Gasteiger partial charge in [-0.25, -0.2) is 4.39 Å². The lowest BCUT2D eigenvalue weighted by Gasteiger charge is -2.38. The Morgan fingerprint density at radius 3 is 2.50 bits per heavy atom. The van der Waals surface area contributed by atoms with Crippen LogP contribution in [0.25, 0.3) is 0 Å². The van der Waals surface area contributed by atoms with E-state index in [1.165, 1.54) is 12.1 Å². The van der Waals surface area contributed by atoms with Crippen LogP contribution in [-0.4, -0.2) is 53.2 Å². The van der Waals surface area contributed by atoms with E-state index in [0.717, 1.165) is 37.6 Å². The maximum absolute atomic E-state index is 13.0. The number of hydrogen-bond acceptors (Lipinski definition) is 4. The van der Waals surface area contributed by atoms with Gasteiger partial charge in [-0.05, 0) is 38.1 Å². The molecular weight excluding hydrogens is 309 g/mol. The van der Waals surface area contributed by atoms with E-state index in [1.807, 2.05) is 13.8 Å². The zero-order valence-corrected chi connectivity index (χ0v) is 13.9. The van der Waals surface area contributed by atoms with Gasteiger partial charge >= 0.3 is 0 Å². The molecule has 7 heteroatoms. The van der Waals surface area contributed by atoms with Crippen molar-refractivity contribution in [2.45, 2.75) is 19.9 Å². The van der Waals surface area contributed by atoms with E-state index in [4.69, 9.17) is 0 Å². The summed E-state index contributed by atoms with van der Waals surface area (Å²) in [6.07, 6.45) is 0. The highest BCUT2D eigenvalue weighted by molar-refractivity contribution is 5.93. The number of carbonyl (C=O) groups is 1. The van der Waals surface area contributed by atoms with Gasteiger partial charge in [-0.1, -0.05) is 0 Å². The Labute approximate surface area is 140 Å². The van der Waals surface area contributed by atoms with Gasteiger partial charge in [-0.15, -0.1) is 0 Å². The lowest BCUT2D eigenvalue weighted by atomic mass is 10.2. The number of H-pyrrole nitrogens is 1. The van der Waals surface area contributed by atoms with Crippen molar-refractivity contribution in [2.75, 3.05) is 36.4 Å². The minimum Gasteiger partial charge on any atom is -0.369 e. The van der Waals surface area contributed by atoms with E-state index in [1.54, 1.807) is 18.2 Å². The van der Waals surface area contributed by atoms with Crippen molar-refractivity contribution in [3.63, 3.8) is 0 Å². The average Bonchev–Trinajstić information content (AvgIpc) is 3.00. The molecule has 0 aliphatic carbocycles. The van der Waals surface area contributed by atoms with Crippen LogP contribution in [0.5, 0.6) is 0 Å². The number of aromatic amines is 1. The average molecular weight is 331 g/mol. The second kappa shape index (κ2) is 7.00. The maximum atomic E-state index is 13.0. The third kappa shape index (κ3) is 3.73. The summed E-state index contributed by atoms with van der Waals surface area (Å²) in [6.45, 7) is 6.98. The number of nitrogens with zero attached hydrogens (tertiary/aromatic N) is 3. The number of nitrogens with one attached hydrogen (secondary N) is 2. The van der Waals surface area contributed by atoms with Crippen LogP contribution in [0.15, 0.2) is 30.3 Å². The number of benzene rings is 1. The number of rotatable bonds is 4. The molecule has 1 saturated heterocycles. The third-order valence-corrected chi connectivity index (χ3v) is 4.39. The molecule has 128 valence electrons. The number of anilines is 2. The van der Waals surface area contributed by atoms with Crippen LogP contribution in [0.4, 0.5) is 15.9 Å². The van der Waals surface area contributed by atoms with Gasteiger partial charge in [0.1, 0.15) is 5.82 Å². The van der Waals surface area contributed by atoms with Gasteiger partial charge in [-0.2, -0.15) is 5.10 Å². The van der Waals surface area contributed by atoms with Gasteiger partial charge in [0.2, 0.25) is 5.91 Å². The first-order valence-corrected chi connectivity index (χ1v) is 8.10. The van der Waals surface area contributed by atoms with Crippen LogP contribution in [0.1, 0.15) is 12.6 Å². The fraction of sp³-hybridized carbons (Fsp3) is 0.412. The molecule has 0 spiro atoms. The Bertz CT molecular complexity index is 691. The molecule has 1 aromatic heterocycles. The number of aromatic nitrogens is 2. The number of hydrogen-bond donors (Lipinski definition) is 2. The van der Waals surface area contributed by atoms with Gasteiger partial charge in [-0.3, -0.25) is 14.8 Å². The SMILES string of the molecule is Cc1cc(NC(=O)C(C)N2CCN(c3ccc(F)cc3)CC2)n[nH]1. The van der Waals surface area contributed by atoms with Gasteiger partial charge in [0.25, 0.3) is 0 Å². The first kappa shape index (κ1) is 16.4. The standard InChI is InChI=1S/C17H22FN5O/c1-12-11-16(21-20-12)19-17(24)13(2)22-7-9-23(10-8-22)15-5-3-14(18)4-6-15/h3-6,11,13H,7-10H2,1-2H3,(H2,19,20,21,24). The minimum absolute atomic E-state index is 0.0586. The van der Waals surface area contributed by atoms with Gasteiger partial charge in [0.05, 0.1) is 6.04 Å². The zero-order valence-electron chi connectivity index (χ0n) is 13.9. The van der Waals surface area contributed by atoms with Crippen molar-refractivity contribution in [1.82, 2.24) is 15.1 Å². The summed E-state index contributed by atoms with van der Waals surface area (Å²) in [5, 5.41) is 9.67. The quantitative estimate of drug-likeness (QED) is 0.899. The Hall–Kier alpha value is -2.41. The van der Waals surface area contributed by atoms with Crippen LogP contribution >= 0.6 is 0 Å². The van der Waals surface area contributed by atoms with E-state index < -0.39 is 0 Å². The van der Waals surface area contributed by atoms with Crippen LogP contribution in [0, 0.1) is 12.7 Å². The highest BCUT2D eigenvalue weighted by Crippen LogP contribution is 2.18. The van der Waals surface area contributed by atoms with Gasteiger partial charge < -0.3 is 10.2 Å². The van der Waals surface area contributed by atoms with Crippen LogP contribution in [0.2, 0.25) is 0 Å². The molecule has 0 saturated carbocycles. The molecule has 24 heavy (non-hydrogen) atoms. The summed E-state index contributed by atoms with van der Waals surface area (Å²) in [7, 11) is 0. The maximum Gasteiger partial charge on any atom is 0.242 e. The van der Waals surface area contributed by atoms with Crippen LogP contribution < -0.4 is 10.2 Å². The number of carbonyl (C=O) groups excluding carboxylic acids is 1. The van der Waals surface area contributed by atoms with E-state index in [9.17, 15) is 9.18 Å². The van der Waals surface area contributed by atoms with Crippen molar-refractivity contribution >= 4 is 17.4 Å². The summed E-state index contributed by atoms with van der Waals surface area (Å²) in [6, 6.07) is 8.12. The number of piperazine rings is 1. The molecule has 2 N–H and O–H groups in total. The Morgan fingerprint density at radius 2 is 1.92 bits per heavy atom. The molecule has 1 amide bonds. The van der Waals surface area contributed by atoms with Crippen molar-refractivity contribution in [3.05, 3.63) is 41.8 Å². The Morgan fingerprint density at radius 1 is 1.25 bits per heavy atom. The smallest absolute Gasteiger partial charge is 0.242 e.